The van der Waals surface area contributed by atoms with Gasteiger partial charge in [-0.25, -0.2) is 13.2 Å². The Morgan fingerprint density at radius 3 is 2.03 bits per heavy atom. The maximum absolute atomic E-state index is 12.9. The van der Waals surface area contributed by atoms with Gasteiger partial charge < -0.3 is 14.8 Å². The van der Waals surface area contributed by atoms with E-state index in [2.05, 4.69) is 10.0 Å². The molecule has 0 spiro atoms. The number of ether oxygens (including phenoxy) is 2. The number of esters is 1. The number of para-hydroxylation sites is 1. The number of rotatable bonds is 8. The van der Waals surface area contributed by atoms with E-state index in [1.807, 2.05) is 0 Å². The van der Waals surface area contributed by atoms with Crippen LogP contribution in [0.5, 0.6) is 11.5 Å². The largest absolute Gasteiger partial charge is 0.497 e. The molecule has 0 aliphatic rings. The third-order valence-corrected chi connectivity index (χ3v) is 6.46. The maximum atomic E-state index is 12.9. The van der Waals surface area contributed by atoms with Crippen molar-refractivity contribution in [2.45, 2.75) is 4.90 Å². The number of anilines is 2. The fraction of sp³-hybridized carbons (Fsp3) is 0.0370. The summed E-state index contributed by atoms with van der Waals surface area (Å²) < 4.78 is 38.7. The van der Waals surface area contributed by atoms with Gasteiger partial charge >= 0.3 is 5.97 Å². The molecule has 0 radical (unpaired) electrons. The molecule has 0 heterocycles. The summed E-state index contributed by atoms with van der Waals surface area (Å²) in [5.41, 5.74) is 1.23. The van der Waals surface area contributed by atoms with Crippen LogP contribution in [-0.2, 0) is 10.0 Å². The topological polar surface area (TPSA) is 111 Å². The molecule has 8 nitrogen and oxygen atoms in total. The Morgan fingerprint density at radius 2 is 1.36 bits per heavy atom. The van der Waals surface area contributed by atoms with Crippen molar-refractivity contribution in [3.8, 4) is 11.5 Å². The van der Waals surface area contributed by atoms with Gasteiger partial charge in [0.2, 0.25) is 0 Å². The first-order chi connectivity index (χ1) is 17.3. The Labute approximate surface area is 208 Å². The van der Waals surface area contributed by atoms with E-state index in [4.69, 9.17) is 9.47 Å². The summed E-state index contributed by atoms with van der Waals surface area (Å²) in [6, 6.07) is 26.9. The molecule has 4 aromatic carbocycles. The zero-order valence-electron chi connectivity index (χ0n) is 19.2. The number of methoxy groups -OCH3 is 1. The van der Waals surface area contributed by atoms with E-state index in [1.165, 1.54) is 48.5 Å². The predicted octanol–water partition coefficient (Wildman–Crippen LogP) is 4.97. The van der Waals surface area contributed by atoms with Crippen LogP contribution in [0, 0.1) is 0 Å². The van der Waals surface area contributed by atoms with Crippen LogP contribution in [-0.4, -0.2) is 27.4 Å². The van der Waals surface area contributed by atoms with Crippen molar-refractivity contribution in [3.05, 3.63) is 114 Å². The lowest BCUT2D eigenvalue weighted by molar-refractivity contribution is 0.0734. The van der Waals surface area contributed by atoms with E-state index in [0.29, 0.717) is 17.2 Å². The van der Waals surface area contributed by atoms with Gasteiger partial charge in [0.1, 0.15) is 11.5 Å². The smallest absolute Gasteiger partial charge is 0.343 e. The summed E-state index contributed by atoms with van der Waals surface area (Å²) >= 11 is 0. The molecular formula is C27H22N2O6S. The van der Waals surface area contributed by atoms with Crippen molar-refractivity contribution >= 4 is 33.3 Å². The molecule has 4 rings (SSSR count). The quantitative estimate of drug-likeness (QED) is 0.260. The minimum atomic E-state index is -4.00. The first-order valence-corrected chi connectivity index (χ1v) is 12.3. The second kappa shape index (κ2) is 10.7. The Hall–Kier alpha value is -4.63. The van der Waals surface area contributed by atoms with E-state index < -0.39 is 21.9 Å². The molecule has 0 aliphatic carbocycles. The van der Waals surface area contributed by atoms with Crippen molar-refractivity contribution in [1.82, 2.24) is 0 Å². The fourth-order valence-electron chi connectivity index (χ4n) is 3.23. The lowest BCUT2D eigenvalue weighted by atomic mass is 10.2. The average Bonchev–Trinajstić information content (AvgIpc) is 2.90. The minimum Gasteiger partial charge on any atom is -0.497 e. The van der Waals surface area contributed by atoms with Crippen LogP contribution in [0.4, 0.5) is 11.4 Å². The molecule has 2 N–H and O–H groups in total. The highest BCUT2D eigenvalue weighted by Gasteiger charge is 2.17. The van der Waals surface area contributed by atoms with E-state index in [9.17, 15) is 18.0 Å². The van der Waals surface area contributed by atoms with Crippen molar-refractivity contribution in [2.24, 2.45) is 0 Å². The number of hydrogen-bond donors (Lipinski definition) is 2. The minimum absolute atomic E-state index is 0.0857. The van der Waals surface area contributed by atoms with Crippen LogP contribution in [0.15, 0.2) is 108 Å². The third-order valence-electron chi connectivity index (χ3n) is 5.08. The van der Waals surface area contributed by atoms with Crippen LogP contribution >= 0.6 is 0 Å². The summed E-state index contributed by atoms with van der Waals surface area (Å²) in [6.45, 7) is 0. The summed E-state index contributed by atoms with van der Waals surface area (Å²) in [7, 11) is -2.45. The van der Waals surface area contributed by atoms with Gasteiger partial charge in [0.25, 0.3) is 15.9 Å². The Balaban J connectivity index is 1.43. The average molecular weight is 503 g/mol. The molecular weight excluding hydrogens is 480 g/mol. The predicted molar refractivity (Wildman–Crippen MR) is 136 cm³/mol. The van der Waals surface area contributed by atoms with E-state index >= 15 is 0 Å². The number of carbonyl (C=O) groups is 2. The van der Waals surface area contributed by atoms with Crippen LogP contribution in [0.3, 0.4) is 0 Å². The molecule has 0 saturated carbocycles. The fourth-order valence-corrected chi connectivity index (χ4v) is 4.33. The third kappa shape index (κ3) is 6.08. The zero-order chi connectivity index (χ0) is 25.5. The van der Waals surface area contributed by atoms with Crippen LogP contribution in [0.2, 0.25) is 0 Å². The standard InChI is InChI=1S/C27H22N2O6S/c1-34-23-16-14-21(15-17-23)28-26(30)20-6-5-9-25(18-20)36(32,33)29-22-12-10-19(11-13-22)27(31)35-24-7-3-2-4-8-24/h2-18,29H,1H3,(H,28,30). The van der Waals surface area contributed by atoms with E-state index in [-0.39, 0.29) is 21.7 Å². The Kier molecular flexibility index (Phi) is 7.31. The first kappa shape index (κ1) is 24.5. The van der Waals surface area contributed by atoms with Crippen molar-refractivity contribution in [2.75, 3.05) is 17.1 Å². The second-order valence-corrected chi connectivity index (χ2v) is 9.28. The normalized spacial score (nSPS) is 10.8. The first-order valence-electron chi connectivity index (χ1n) is 10.8. The summed E-state index contributed by atoms with van der Waals surface area (Å²) in [5, 5.41) is 2.72. The highest BCUT2D eigenvalue weighted by Crippen LogP contribution is 2.20. The number of nitrogens with one attached hydrogen (secondary N) is 2. The van der Waals surface area contributed by atoms with E-state index in [0.717, 1.165) is 0 Å². The summed E-state index contributed by atoms with van der Waals surface area (Å²) in [5.74, 6) is 0.0288. The van der Waals surface area contributed by atoms with Gasteiger partial charge in [-0.2, -0.15) is 0 Å². The van der Waals surface area contributed by atoms with Crippen LogP contribution in [0.1, 0.15) is 20.7 Å². The summed E-state index contributed by atoms with van der Waals surface area (Å²) in [4.78, 5) is 24.8. The molecule has 36 heavy (non-hydrogen) atoms. The number of amides is 1. The van der Waals surface area contributed by atoms with Gasteiger partial charge in [0.15, 0.2) is 0 Å². The van der Waals surface area contributed by atoms with Gasteiger partial charge in [-0.05, 0) is 78.9 Å². The van der Waals surface area contributed by atoms with Crippen LogP contribution in [0.25, 0.3) is 0 Å². The molecule has 0 fully saturated rings. The Bertz CT molecular complexity index is 1470. The highest BCUT2D eigenvalue weighted by atomic mass is 32.2. The van der Waals surface area contributed by atoms with Crippen LogP contribution < -0.4 is 19.5 Å². The molecule has 0 bridgehead atoms. The van der Waals surface area contributed by atoms with Gasteiger partial charge in [0, 0.05) is 16.9 Å². The molecule has 4 aromatic rings. The van der Waals surface area contributed by atoms with E-state index in [1.54, 1.807) is 61.7 Å². The lowest BCUT2D eigenvalue weighted by Crippen LogP contribution is -2.16. The molecule has 9 heteroatoms. The van der Waals surface area contributed by atoms with Gasteiger partial charge in [-0.3, -0.25) is 9.52 Å². The number of benzene rings is 4. The molecule has 0 aliphatic heterocycles. The second-order valence-electron chi connectivity index (χ2n) is 7.60. The van der Waals surface area contributed by atoms with Gasteiger partial charge in [0.05, 0.1) is 17.6 Å². The highest BCUT2D eigenvalue weighted by molar-refractivity contribution is 7.92. The lowest BCUT2D eigenvalue weighted by Gasteiger charge is -2.11. The molecule has 0 unspecified atom stereocenters. The van der Waals surface area contributed by atoms with Crippen molar-refractivity contribution in [1.29, 1.82) is 0 Å². The molecule has 0 saturated heterocycles. The molecule has 182 valence electrons. The van der Waals surface area contributed by atoms with Gasteiger partial charge in [-0.1, -0.05) is 24.3 Å². The molecule has 1 amide bonds. The van der Waals surface area contributed by atoms with Crippen molar-refractivity contribution < 1.29 is 27.5 Å². The molecule has 0 aromatic heterocycles. The SMILES string of the molecule is COc1ccc(NC(=O)c2cccc(S(=O)(=O)Nc3ccc(C(=O)Oc4ccccc4)cc3)c2)cc1. The maximum Gasteiger partial charge on any atom is 0.343 e. The number of carbonyl (C=O) groups excluding carboxylic acids is 2. The monoisotopic (exact) mass is 502 g/mol. The number of hydrogen-bond acceptors (Lipinski definition) is 6. The number of sulfonamides is 1. The van der Waals surface area contributed by atoms with Gasteiger partial charge in [-0.15, -0.1) is 0 Å². The molecule has 0 atom stereocenters. The zero-order valence-corrected chi connectivity index (χ0v) is 20.0. The Morgan fingerprint density at radius 1 is 0.694 bits per heavy atom. The summed E-state index contributed by atoms with van der Waals surface area (Å²) in [6.07, 6.45) is 0. The van der Waals surface area contributed by atoms with Crippen molar-refractivity contribution in [3.63, 3.8) is 0 Å².